The van der Waals surface area contributed by atoms with Gasteiger partial charge in [0.1, 0.15) is 18.0 Å². The SMILES string of the molecule is COc1cc2c(cc1O)C[C@@]1(C)c3ccccc3OC[C@@]21O. The second-order valence-corrected chi connectivity index (χ2v) is 6.34. The summed E-state index contributed by atoms with van der Waals surface area (Å²) in [4.78, 5) is 0. The first kappa shape index (κ1) is 13.5. The number of phenols is 1. The lowest BCUT2D eigenvalue weighted by atomic mass is 9.68. The largest absolute Gasteiger partial charge is 0.504 e. The fraction of sp³-hybridized carbons (Fsp3) is 0.333. The molecule has 2 aromatic carbocycles. The minimum Gasteiger partial charge on any atom is -0.504 e. The van der Waals surface area contributed by atoms with Crippen molar-refractivity contribution in [2.45, 2.75) is 24.4 Å². The number of benzene rings is 2. The van der Waals surface area contributed by atoms with Gasteiger partial charge in [-0.3, -0.25) is 0 Å². The van der Waals surface area contributed by atoms with E-state index in [0.717, 1.165) is 22.4 Å². The van der Waals surface area contributed by atoms with Crippen molar-refractivity contribution in [3.63, 3.8) is 0 Å². The van der Waals surface area contributed by atoms with Crippen LogP contribution >= 0.6 is 0 Å². The smallest absolute Gasteiger partial charge is 0.160 e. The number of rotatable bonds is 1. The predicted octanol–water partition coefficient (Wildman–Crippen LogP) is 2.49. The molecule has 2 aromatic rings. The number of aliphatic hydroxyl groups is 1. The molecule has 2 aliphatic rings. The second kappa shape index (κ2) is 4.17. The number of aromatic hydroxyl groups is 1. The molecule has 1 aliphatic carbocycles. The van der Waals surface area contributed by atoms with E-state index in [1.807, 2.05) is 24.3 Å². The van der Waals surface area contributed by atoms with Crippen LogP contribution in [0, 0.1) is 0 Å². The summed E-state index contributed by atoms with van der Waals surface area (Å²) in [5.41, 5.74) is 1.10. The third-order valence-corrected chi connectivity index (χ3v) is 5.23. The average molecular weight is 298 g/mol. The minimum atomic E-state index is -1.13. The molecule has 0 unspecified atom stereocenters. The van der Waals surface area contributed by atoms with Crippen LogP contribution in [-0.2, 0) is 17.4 Å². The molecule has 22 heavy (non-hydrogen) atoms. The molecule has 4 rings (SSSR count). The van der Waals surface area contributed by atoms with E-state index in [4.69, 9.17) is 9.47 Å². The number of phenolic OH excluding ortho intramolecular Hbond substituents is 1. The van der Waals surface area contributed by atoms with Crippen LogP contribution in [0.3, 0.4) is 0 Å². The first-order chi connectivity index (χ1) is 10.5. The molecule has 0 spiro atoms. The summed E-state index contributed by atoms with van der Waals surface area (Å²) < 4.78 is 11.0. The van der Waals surface area contributed by atoms with Gasteiger partial charge < -0.3 is 19.7 Å². The number of ether oxygens (including phenoxy) is 2. The highest BCUT2D eigenvalue weighted by molar-refractivity contribution is 5.58. The van der Waals surface area contributed by atoms with Gasteiger partial charge in [0.15, 0.2) is 11.5 Å². The average Bonchev–Trinajstić information content (AvgIpc) is 2.74. The molecule has 0 radical (unpaired) electrons. The molecule has 4 nitrogen and oxygen atoms in total. The number of fused-ring (bicyclic) bond motifs is 5. The zero-order chi connectivity index (χ0) is 15.5. The van der Waals surface area contributed by atoms with Gasteiger partial charge in [-0.1, -0.05) is 25.1 Å². The van der Waals surface area contributed by atoms with Crippen molar-refractivity contribution in [2.24, 2.45) is 0 Å². The van der Waals surface area contributed by atoms with Gasteiger partial charge in [0, 0.05) is 11.0 Å². The zero-order valence-electron chi connectivity index (χ0n) is 12.6. The van der Waals surface area contributed by atoms with E-state index in [1.165, 1.54) is 7.11 Å². The Hall–Kier alpha value is -2.20. The standard InChI is InChI=1S/C18H18O4/c1-17-9-11-7-14(19)16(21-2)8-13(11)18(17,20)10-22-15-6-4-3-5-12(15)17/h3-8,19-20H,9-10H2,1-2H3/t17-,18+/m0/s1. The van der Waals surface area contributed by atoms with Crippen LogP contribution in [0.4, 0.5) is 0 Å². The maximum atomic E-state index is 11.4. The topological polar surface area (TPSA) is 58.9 Å². The summed E-state index contributed by atoms with van der Waals surface area (Å²) in [5.74, 6) is 1.29. The Bertz CT molecular complexity index is 770. The number of methoxy groups -OCH3 is 1. The van der Waals surface area contributed by atoms with Gasteiger partial charge in [0.25, 0.3) is 0 Å². The molecule has 1 aliphatic heterocycles. The van der Waals surface area contributed by atoms with Gasteiger partial charge in [0.2, 0.25) is 0 Å². The molecule has 2 N–H and O–H groups in total. The maximum Gasteiger partial charge on any atom is 0.160 e. The van der Waals surface area contributed by atoms with Crippen LogP contribution < -0.4 is 9.47 Å². The van der Waals surface area contributed by atoms with Crippen molar-refractivity contribution in [2.75, 3.05) is 13.7 Å². The van der Waals surface area contributed by atoms with Crippen LogP contribution in [0.2, 0.25) is 0 Å². The van der Waals surface area contributed by atoms with Gasteiger partial charge in [-0.15, -0.1) is 0 Å². The molecule has 0 aromatic heterocycles. The Kier molecular flexibility index (Phi) is 2.55. The lowest BCUT2D eigenvalue weighted by Crippen LogP contribution is -2.51. The summed E-state index contributed by atoms with van der Waals surface area (Å²) in [6.45, 7) is 2.25. The summed E-state index contributed by atoms with van der Waals surface area (Å²) in [6, 6.07) is 11.2. The lowest BCUT2D eigenvalue weighted by molar-refractivity contribution is -0.0764. The highest BCUT2D eigenvalue weighted by Gasteiger charge is 2.59. The van der Waals surface area contributed by atoms with Crippen molar-refractivity contribution in [3.05, 3.63) is 53.1 Å². The zero-order valence-corrected chi connectivity index (χ0v) is 12.6. The van der Waals surface area contributed by atoms with Crippen LogP contribution in [0.25, 0.3) is 0 Å². The third kappa shape index (κ3) is 1.45. The van der Waals surface area contributed by atoms with Gasteiger partial charge >= 0.3 is 0 Å². The summed E-state index contributed by atoms with van der Waals surface area (Å²) >= 11 is 0. The highest BCUT2D eigenvalue weighted by atomic mass is 16.5. The molecule has 0 bridgehead atoms. The van der Waals surface area contributed by atoms with Gasteiger partial charge in [0.05, 0.1) is 7.11 Å². The van der Waals surface area contributed by atoms with Crippen molar-refractivity contribution >= 4 is 0 Å². The van der Waals surface area contributed by atoms with E-state index in [2.05, 4.69) is 6.92 Å². The van der Waals surface area contributed by atoms with E-state index in [0.29, 0.717) is 12.2 Å². The Morgan fingerprint density at radius 1 is 1.18 bits per heavy atom. The van der Waals surface area contributed by atoms with E-state index < -0.39 is 11.0 Å². The first-order valence-corrected chi connectivity index (χ1v) is 7.35. The van der Waals surface area contributed by atoms with Gasteiger partial charge in [-0.2, -0.15) is 0 Å². The van der Waals surface area contributed by atoms with Crippen molar-refractivity contribution in [3.8, 4) is 17.2 Å². The normalized spacial score (nSPS) is 28.3. The van der Waals surface area contributed by atoms with E-state index >= 15 is 0 Å². The molecule has 2 atom stereocenters. The predicted molar refractivity (Wildman–Crippen MR) is 81.5 cm³/mol. The summed E-state index contributed by atoms with van der Waals surface area (Å²) in [6.07, 6.45) is 0.650. The van der Waals surface area contributed by atoms with E-state index in [9.17, 15) is 10.2 Å². The maximum absolute atomic E-state index is 11.4. The van der Waals surface area contributed by atoms with Crippen LogP contribution in [0.15, 0.2) is 36.4 Å². The fourth-order valence-electron chi connectivity index (χ4n) is 3.92. The number of hydrogen-bond donors (Lipinski definition) is 2. The van der Waals surface area contributed by atoms with Crippen LogP contribution in [-0.4, -0.2) is 23.9 Å². The summed E-state index contributed by atoms with van der Waals surface area (Å²) in [5, 5.41) is 21.5. The molecule has 114 valence electrons. The van der Waals surface area contributed by atoms with Gasteiger partial charge in [-0.25, -0.2) is 0 Å². The lowest BCUT2D eigenvalue weighted by Gasteiger charge is -2.44. The molecule has 0 saturated carbocycles. The monoisotopic (exact) mass is 298 g/mol. The Morgan fingerprint density at radius 2 is 1.95 bits per heavy atom. The molecule has 0 fully saturated rings. The first-order valence-electron chi connectivity index (χ1n) is 7.35. The van der Waals surface area contributed by atoms with E-state index in [-0.39, 0.29) is 12.4 Å². The highest BCUT2D eigenvalue weighted by Crippen LogP contribution is 2.57. The quantitative estimate of drug-likeness (QED) is 0.849. The second-order valence-electron chi connectivity index (χ2n) is 6.34. The Balaban J connectivity index is 1.96. The molecular weight excluding hydrogens is 280 g/mol. The Labute approximate surface area is 128 Å². The van der Waals surface area contributed by atoms with Crippen LogP contribution in [0.1, 0.15) is 23.6 Å². The van der Waals surface area contributed by atoms with Gasteiger partial charge in [-0.05, 0) is 35.7 Å². The number of para-hydroxylation sites is 1. The molecule has 0 amide bonds. The molecule has 0 saturated heterocycles. The molecular formula is C18H18O4. The number of hydrogen-bond acceptors (Lipinski definition) is 4. The molecule has 1 heterocycles. The van der Waals surface area contributed by atoms with Crippen molar-refractivity contribution in [1.82, 2.24) is 0 Å². The van der Waals surface area contributed by atoms with Crippen LogP contribution in [0.5, 0.6) is 17.2 Å². The third-order valence-electron chi connectivity index (χ3n) is 5.23. The van der Waals surface area contributed by atoms with Crippen molar-refractivity contribution in [1.29, 1.82) is 0 Å². The van der Waals surface area contributed by atoms with E-state index in [1.54, 1.807) is 12.1 Å². The Morgan fingerprint density at radius 3 is 2.73 bits per heavy atom. The minimum absolute atomic E-state index is 0.0984. The summed E-state index contributed by atoms with van der Waals surface area (Å²) in [7, 11) is 1.51. The fourth-order valence-corrected chi connectivity index (χ4v) is 3.92. The van der Waals surface area contributed by atoms with Crippen molar-refractivity contribution < 1.29 is 19.7 Å². The molecule has 4 heteroatoms.